The topological polar surface area (TPSA) is 59.7 Å². The lowest BCUT2D eigenvalue weighted by atomic mass is 10.1. The normalized spacial score (nSPS) is 10.0. The van der Waals surface area contributed by atoms with Crippen molar-refractivity contribution in [2.45, 2.75) is 20.3 Å². The van der Waals surface area contributed by atoms with Crippen LogP contribution in [0.1, 0.15) is 29.8 Å². The van der Waals surface area contributed by atoms with Crippen LogP contribution in [0.4, 0.5) is 0 Å². The molecule has 1 aromatic heterocycles. The molecule has 72 valence electrons. The van der Waals surface area contributed by atoms with Gasteiger partial charge in [-0.05, 0) is 13.3 Å². The average molecular weight is 184 g/mol. The van der Waals surface area contributed by atoms with Crippen molar-refractivity contribution in [3.05, 3.63) is 17.4 Å². The Balaban J connectivity index is 3.06. The molecule has 0 fully saturated rings. The molecule has 13 heavy (non-hydrogen) atoms. The molecule has 0 bridgehead atoms. The highest BCUT2D eigenvalue weighted by atomic mass is 16.6. The second-order valence-corrected chi connectivity index (χ2v) is 2.52. The first-order valence-corrected chi connectivity index (χ1v) is 4.17. The Morgan fingerprint density at radius 3 is 2.77 bits per heavy atom. The predicted molar refractivity (Wildman–Crippen MR) is 46.2 cm³/mol. The van der Waals surface area contributed by atoms with Crippen LogP contribution < -0.4 is 4.74 Å². The van der Waals surface area contributed by atoms with Crippen LogP contribution in [0, 0.1) is 0 Å². The Labute approximate surface area is 76.1 Å². The Kier molecular flexibility index (Phi) is 2.95. The minimum Gasteiger partial charge on any atom is -0.477 e. The molecular weight excluding hydrogens is 172 g/mol. The van der Waals surface area contributed by atoms with Gasteiger partial charge in [-0.2, -0.15) is 0 Å². The molecule has 0 aliphatic heterocycles. The Bertz CT molecular complexity index is 301. The summed E-state index contributed by atoms with van der Waals surface area (Å²) in [5, 5.41) is 8.85. The molecule has 0 saturated heterocycles. The van der Waals surface area contributed by atoms with Crippen molar-refractivity contribution < 1.29 is 19.1 Å². The number of aryl methyl sites for hydroxylation is 1. The van der Waals surface area contributed by atoms with E-state index in [0.717, 1.165) is 0 Å². The van der Waals surface area contributed by atoms with E-state index >= 15 is 0 Å². The second kappa shape index (κ2) is 3.98. The summed E-state index contributed by atoms with van der Waals surface area (Å²) in [6.07, 6.45) is 2.05. The fourth-order valence-electron chi connectivity index (χ4n) is 1.10. The van der Waals surface area contributed by atoms with Crippen LogP contribution in [0.2, 0.25) is 0 Å². The Hall–Kier alpha value is -1.45. The first-order chi connectivity index (χ1) is 6.20. The monoisotopic (exact) mass is 184 g/mol. The minimum atomic E-state index is -1.01. The average Bonchev–Trinajstić information content (AvgIpc) is 2.48. The number of carboxylic acid groups (broad SMARTS) is 1. The minimum absolute atomic E-state index is 0.104. The molecule has 1 rings (SSSR count). The Morgan fingerprint density at radius 2 is 2.31 bits per heavy atom. The van der Waals surface area contributed by atoms with Crippen LogP contribution in [0.5, 0.6) is 5.95 Å². The zero-order chi connectivity index (χ0) is 9.84. The van der Waals surface area contributed by atoms with E-state index in [1.807, 2.05) is 6.92 Å². The second-order valence-electron chi connectivity index (χ2n) is 2.52. The number of furan rings is 1. The molecule has 0 atom stereocenters. The lowest BCUT2D eigenvalue weighted by molar-refractivity contribution is 0.0688. The number of aromatic carboxylic acids is 1. The van der Waals surface area contributed by atoms with E-state index in [-0.39, 0.29) is 11.5 Å². The number of carbonyl (C=O) groups is 1. The summed E-state index contributed by atoms with van der Waals surface area (Å²) in [6, 6.07) is 0. The third kappa shape index (κ3) is 1.83. The summed E-state index contributed by atoms with van der Waals surface area (Å²) >= 11 is 0. The Morgan fingerprint density at radius 1 is 1.62 bits per heavy atom. The van der Waals surface area contributed by atoms with E-state index in [2.05, 4.69) is 0 Å². The van der Waals surface area contributed by atoms with Gasteiger partial charge in [-0.25, -0.2) is 4.79 Å². The van der Waals surface area contributed by atoms with Crippen molar-refractivity contribution in [3.63, 3.8) is 0 Å². The van der Waals surface area contributed by atoms with Crippen molar-refractivity contribution in [1.82, 2.24) is 0 Å². The predicted octanol–water partition coefficient (Wildman–Crippen LogP) is 1.94. The molecule has 0 saturated carbocycles. The van der Waals surface area contributed by atoms with Crippen LogP contribution in [-0.2, 0) is 6.42 Å². The zero-order valence-electron chi connectivity index (χ0n) is 7.66. The van der Waals surface area contributed by atoms with Gasteiger partial charge in [0, 0.05) is 5.56 Å². The lowest BCUT2D eigenvalue weighted by Gasteiger charge is -1.99. The summed E-state index contributed by atoms with van der Waals surface area (Å²) in [7, 11) is 0. The van der Waals surface area contributed by atoms with Crippen LogP contribution in [0.25, 0.3) is 0 Å². The van der Waals surface area contributed by atoms with E-state index < -0.39 is 5.97 Å². The van der Waals surface area contributed by atoms with Gasteiger partial charge in [0.1, 0.15) is 5.56 Å². The molecule has 1 N–H and O–H groups in total. The molecule has 1 aromatic rings. The smallest absolute Gasteiger partial charge is 0.343 e. The first-order valence-electron chi connectivity index (χ1n) is 4.17. The molecule has 0 aromatic carbocycles. The molecule has 4 nitrogen and oxygen atoms in total. The number of ether oxygens (including phenoxy) is 1. The van der Waals surface area contributed by atoms with Gasteiger partial charge in [0.25, 0.3) is 5.95 Å². The summed E-state index contributed by atoms with van der Waals surface area (Å²) < 4.78 is 10.0. The number of hydrogen-bond acceptors (Lipinski definition) is 3. The van der Waals surface area contributed by atoms with Gasteiger partial charge in [-0.3, -0.25) is 0 Å². The van der Waals surface area contributed by atoms with Crippen molar-refractivity contribution >= 4 is 5.97 Å². The van der Waals surface area contributed by atoms with Gasteiger partial charge >= 0.3 is 5.97 Å². The first kappa shape index (κ1) is 9.64. The maximum atomic E-state index is 10.8. The van der Waals surface area contributed by atoms with Crippen LogP contribution in [-0.4, -0.2) is 17.7 Å². The fraction of sp³-hybridized carbons (Fsp3) is 0.444. The molecule has 0 radical (unpaired) electrons. The van der Waals surface area contributed by atoms with E-state index in [0.29, 0.717) is 18.6 Å². The van der Waals surface area contributed by atoms with Gasteiger partial charge in [-0.15, -0.1) is 0 Å². The molecular formula is C9H12O4. The number of hydrogen-bond donors (Lipinski definition) is 1. The van der Waals surface area contributed by atoms with Crippen molar-refractivity contribution in [2.75, 3.05) is 6.61 Å². The third-order valence-corrected chi connectivity index (χ3v) is 1.70. The highest BCUT2D eigenvalue weighted by molar-refractivity contribution is 5.91. The standard InChI is InChI=1S/C9H12O4/c1-3-6-5-13-9(12-4-2)7(6)8(10)11/h5H,3-4H2,1-2H3,(H,10,11). The van der Waals surface area contributed by atoms with Gasteiger partial charge in [-0.1, -0.05) is 6.92 Å². The van der Waals surface area contributed by atoms with Gasteiger partial charge in [0.15, 0.2) is 0 Å². The van der Waals surface area contributed by atoms with E-state index in [1.165, 1.54) is 6.26 Å². The van der Waals surface area contributed by atoms with Crippen molar-refractivity contribution in [1.29, 1.82) is 0 Å². The molecule has 4 heteroatoms. The van der Waals surface area contributed by atoms with E-state index in [1.54, 1.807) is 6.92 Å². The van der Waals surface area contributed by atoms with Gasteiger partial charge in [0.2, 0.25) is 0 Å². The molecule has 0 spiro atoms. The van der Waals surface area contributed by atoms with Crippen molar-refractivity contribution in [2.24, 2.45) is 0 Å². The SMILES string of the molecule is CCOc1occ(CC)c1C(=O)O. The van der Waals surface area contributed by atoms with E-state index in [4.69, 9.17) is 14.3 Å². The summed E-state index contributed by atoms with van der Waals surface area (Å²) in [5.41, 5.74) is 0.806. The molecule has 0 unspecified atom stereocenters. The largest absolute Gasteiger partial charge is 0.477 e. The van der Waals surface area contributed by atoms with Crippen molar-refractivity contribution in [3.8, 4) is 5.95 Å². The van der Waals surface area contributed by atoms with Crippen LogP contribution in [0.3, 0.4) is 0 Å². The molecule has 0 amide bonds. The zero-order valence-corrected chi connectivity index (χ0v) is 7.66. The van der Waals surface area contributed by atoms with Crippen LogP contribution >= 0.6 is 0 Å². The molecule has 1 heterocycles. The quantitative estimate of drug-likeness (QED) is 0.776. The molecule has 0 aliphatic rings. The summed E-state index contributed by atoms with van der Waals surface area (Å²) in [5.74, 6) is -0.902. The number of carboxylic acids is 1. The maximum absolute atomic E-state index is 10.8. The third-order valence-electron chi connectivity index (χ3n) is 1.70. The number of rotatable bonds is 4. The highest BCUT2D eigenvalue weighted by Gasteiger charge is 2.20. The summed E-state index contributed by atoms with van der Waals surface area (Å²) in [4.78, 5) is 10.8. The van der Waals surface area contributed by atoms with Gasteiger partial charge < -0.3 is 14.3 Å². The lowest BCUT2D eigenvalue weighted by Crippen LogP contribution is -2.02. The summed E-state index contributed by atoms with van der Waals surface area (Å²) in [6.45, 7) is 4.05. The van der Waals surface area contributed by atoms with Crippen LogP contribution in [0.15, 0.2) is 10.7 Å². The molecule has 0 aliphatic carbocycles. The fourth-order valence-corrected chi connectivity index (χ4v) is 1.10. The maximum Gasteiger partial charge on any atom is 0.343 e. The highest BCUT2D eigenvalue weighted by Crippen LogP contribution is 2.25. The van der Waals surface area contributed by atoms with E-state index in [9.17, 15) is 4.79 Å². The van der Waals surface area contributed by atoms with Gasteiger partial charge in [0.05, 0.1) is 12.9 Å².